The fourth-order valence-electron chi connectivity index (χ4n) is 1.83. The van der Waals surface area contributed by atoms with E-state index in [1.807, 2.05) is 35.7 Å². The third kappa shape index (κ3) is 2.34. The number of aromatic nitrogens is 2. The summed E-state index contributed by atoms with van der Waals surface area (Å²) in [6.07, 6.45) is 0. The van der Waals surface area contributed by atoms with Crippen LogP contribution in [0.15, 0.2) is 35.7 Å². The maximum atomic E-state index is 11.4. The Morgan fingerprint density at radius 2 is 2.21 bits per heavy atom. The Morgan fingerprint density at radius 3 is 3.00 bits per heavy atom. The van der Waals surface area contributed by atoms with Gasteiger partial charge in [-0.1, -0.05) is 12.1 Å². The molecular weight excluding hydrogens is 282 g/mol. The molecule has 0 spiro atoms. The highest BCUT2D eigenvalue weighted by atomic mass is 35.5. The Balaban J connectivity index is 2.02. The van der Waals surface area contributed by atoms with Gasteiger partial charge in [0.15, 0.2) is 0 Å². The topological polar surface area (TPSA) is 57.8 Å². The Kier molecular flexibility index (Phi) is 3.23. The first kappa shape index (κ1) is 12.2. The van der Waals surface area contributed by atoms with Gasteiger partial charge in [0, 0.05) is 0 Å². The van der Waals surface area contributed by atoms with Crippen LogP contribution >= 0.6 is 22.9 Å². The monoisotopic (exact) mass is 291 g/mol. The number of rotatable bonds is 3. The highest BCUT2D eigenvalue weighted by molar-refractivity contribution is 7.15. The second-order valence-corrected chi connectivity index (χ2v) is 5.13. The molecule has 96 valence electrons. The number of thiophene rings is 1. The number of amides is 1. The molecule has 3 aromatic rings. The predicted molar refractivity (Wildman–Crippen MR) is 78.8 cm³/mol. The van der Waals surface area contributed by atoms with Crippen LogP contribution in [0.2, 0.25) is 0 Å². The Hall–Kier alpha value is -1.85. The van der Waals surface area contributed by atoms with Gasteiger partial charge < -0.3 is 10.3 Å². The van der Waals surface area contributed by atoms with Crippen LogP contribution in [0.1, 0.15) is 0 Å². The van der Waals surface area contributed by atoms with E-state index < -0.39 is 0 Å². The fourth-order valence-corrected chi connectivity index (χ4v) is 2.70. The molecule has 0 atom stereocenters. The van der Waals surface area contributed by atoms with Crippen LogP contribution in [0.25, 0.3) is 22.4 Å². The summed E-state index contributed by atoms with van der Waals surface area (Å²) in [5, 5.41) is 5.43. The zero-order valence-corrected chi connectivity index (χ0v) is 11.4. The van der Waals surface area contributed by atoms with Crippen molar-refractivity contribution < 1.29 is 4.79 Å². The van der Waals surface area contributed by atoms with E-state index in [9.17, 15) is 4.79 Å². The molecule has 6 heteroatoms. The molecular formula is C13H10ClN3OS. The van der Waals surface area contributed by atoms with Gasteiger partial charge in [0.2, 0.25) is 5.91 Å². The molecule has 3 rings (SSSR count). The molecule has 2 aromatic heterocycles. The van der Waals surface area contributed by atoms with Crippen LogP contribution < -0.4 is 5.32 Å². The molecule has 19 heavy (non-hydrogen) atoms. The quantitative estimate of drug-likeness (QED) is 0.726. The lowest BCUT2D eigenvalue weighted by Crippen LogP contribution is -2.12. The first-order chi connectivity index (χ1) is 9.28. The van der Waals surface area contributed by atoms with E-state index in [2.05, 4.69) is 15.3 Å². The van der Waals surface area contributed by atoms with Crippen molar-refractivity contribution in [3.8, 4) is 11.4 Å². The molecule has 2 N–H and O–H groups in total. The smallest absolute Gasteiger partial charge is 0.239 e. The van der Waals surface area contributed by atoms with Crippen LogP contribution in [0.3, 0.4) is 0 Å². The number of benzene rings is 1. The number of fused-ring (bicyclic) bond motifs is 1. The number of carbonyl (C=O) groups excluding carboxylic acids is 1. The van der Waals surface area contributed by atoms with Crippen molar-refractivity contribution in [2.24, 2.45) is 0 Å². The second-order valence-electron chi connectivity index (χ2n) is 3.95. The van der Waals surface area contributed by atoms with Crippen molar-refractivity contribution in [2.45, 2.75) is 0 Å². The van der Waals surface area contributed by atoms with Crippen molar-refractivity contribution in [1.29, 1.82) is 0 Å². The van der Waals surface area contributed by atoms with Gasteiger partial charge in [-0.3, -0.25) is 4.79 Å². The predicted octanol–water partition coefficient (Wildman–Crippen LogP) is 3.47. The number of hydrogen-bond donors (Lipinski definition) is 2. The van der Waals surface area contributed by atoms with E-state index >= 15 is 0 Å². The minimum Gasteiger partial charge on any atom is -0.338 e. The van der Waals surface area contributed by atoms with E-state index in [4.69, 9.17) is 11.6 Å². The van der Waals surface area contributed by atoms with Crippen LogP contribution in [0, 0.1) is 0 Å². The standard InChI is InChI=1S/C13H10ClN3OS/c14-7-11(18)17-13-8(5-6-19-13)12-15-9-3-1-2-4-10(9)16-12/h1-6H,7H2,(H,15,16)(H,17,18). The molecule has 1 aromatic carbocycles. The number of para-hydroxylation sites is 2. The summed E-state index contributed by atoms with van der Waals surface area (Å²) in [6.45, 7) is 0. The molecule has 0 saturated carbocycles. The lowest BCUT2D eigenvalue weighted by atomic mass is 10.3. The zero-order valence-electron chi connectivity index (χ0n) is 9.81. The number of aromatic amines is 1. The van der Waals surface area contributed by atoms with Gasteiger partial charge in [0.1, 0.15) is 16.7 Å². The molecule has 0 radical (unpaired) electrons. The van der Waals surface area contributed by atoms with Crippen LogP contribution in [-0.4, -0.2) is 21.8 Å². The van der Waals surface area contributed by atoms with Crippen molar-refractivity contribution in [2.75, 3.05) is 11.2 Å². The molecule has 0 unspecified atom stereocenters. The molecule has 1 amide bonds. The van der Waals surface area contributed by atoms with Gasteiger partial charge >= 0.3 is 0 Å². The lowest BCUT2D eigenvalue weighted by Gasteiger charge is -2.01. The minimum absolute atomic E-state index is 0.0581. The van der Waals surface area contributed by atoms with E-state index in [0.29, 0.717) is 0 Å². The van der Waals surface area contributed by atoms with Gasteiger partial charge in [-0.2, -0.15) is 0 Å². The molecule has 0 aliphatic rings. The van der Waals surface area contributed by atoms with Gasteiger partial charge in [-0.05, 0) is 23.6 Å². The lowest BCUT2D eigenvalue weighted by molar-refractivity contribution is -0.113. The molecule has 4 nitrogen and oxygen atoms in total. The van der Waals surface area contributed by atoms with Gasteiger partial charge in [-0.25, -0.2) is 4.98 Å². The number of H-pyrrole nitrogens is 1. The van der Waals surface area contributed by atoms with Crippen LogP contribution in [0.5, 0.6) is 0 Å². The average molecular weight is 292 g/mol. The van der Waals surface area contributed by atoms with Crippen molar-refractivity contribution in [3.05, 3.63) is 35.7 Å². The molecule has 0 aliphatic carbocycles. The summed E-state index contributed by atoms with van der Waals surface area (Å²) in [5.41, 5.74) is 2.75. The Labute approximate surface area is 118 Å². The van der Waals surface area contributed by atoms with Gasteiger partial charge in [0.25, 0.3) is 0 Å². The van der Waals surface area contributed by atoms with Crippen LogP contribution in [-0.2, 0) is 4.79 Å². The summed E-state index contributed by atoms with van der Waals surface area (Å²) in [4.78, 5) is 19.1. The molecule has 0 bridgehead atoms. The number of nitrogens with one attached hydrogen (secondary N) is 2. The van der Waals surface area contributed by atoms with E-state index in [0.717, 1.165) is 27.4 Å². The largest absolute Gasteiger partial charge is 0.338 e. The summed E-state index contributed by atoms with van der Waals surface area (Å²) in [5.74, 6) is 0.464. The summed E-state index contributed by atoms with van der Waals surface area (Å²) in [6, 6.07) is 9.73. The zero-order chi connectivity index (χ0) is 13.2. The first-order valence-corrected chi connectivity index (χ1v) is 7.08. The van der Waals surface area contributed by atoms with E-state index in [1.54, 1.807) is 0 Å². The second kappa shape index (κ2) is 5.03. The number of hydrogen-bond acceptors (Lipinski definition) is 3. The third-order valence-corrected chi connectivity index (χ3v) is 3.76. The highest BCUT2D eigenvalue weighted by Crippen LogP contribution is 2.32. The molecule has 0 fully saturated rings. The number of carbonyl (C=O) groups is 1. The molecule has 0 aliphatic heterocycles. The third-order valence-electron chi connectivity index (χ3n) is 2.68. The average Bonchev–Trinajstić information content (AvgIpc) is 3.03. The SMILES string of the molecule is O=C(CCl)Nc1sccc1-c1nc2ccccc2[nH]1. The highest BCUT2D eigenvalue weighted by Gasteiger charge is 2.12. The van der Waals surface area contributed by atoms with Gasteiger partial charge in [0.05, 0.1) is 16.6 Å². The summed E-state index contributed by atoms with van der Waals surface area (Å²) < 4.78 is 0. The van der Waals surface area contributed by atoms with E-state index in [-0.39, 0.29) is 11.8 Å². The maximum absolute atomic E-state index is 11.4. The number of alkyl halides is 1. The number of halogens is 1. The fraction of sp³-hybridized carbons (Fsp3) is 0.0769. The minimum atomic E-state index is -0.221. The Morgan fingerprint density at radius 1 is 1.37 bits per heavy atom. The van der Waals surface area contributed by atoms with Crippen LogP contribution in [0.4, 0.5) is 5.00 Å². The maximum Gasteiger partial charge on any atom is 0.239 e. The summed E-state index contributed by atoms with van der Waals surface area (Å²) >= 11 is 6.95. The Bertz CT molecular complexity index is 701. The van der Waals surface area contributed by atoms with Gasteiger partial charge in [-0.15, -0.1) is 22.9 Å². The molecule has 0 saturated heterocycles. The van der Waals surface area contributed by atoms with Crippen molar-refractivity contribution in [1.82, 2.24) is 9.97 Å². The number of anilines is 1. The first-order valence-electron chi connectivity index (χ1n) is 5.66. The van der Waals surface area contributed by atoms with E-state index in [1.165, 1.54) is 11.3 Å². The number of imidazole rings is 1. The van der Waals surface area contributed by atoms with Crippen molar-refractivity contribution in [3.63, 3.8) is 0 Å². The molecule has 2 heterocycles. The number of nitrogens with zero attached hydrogens (tertiary/aromatic N) is 1. The van der Waals surface area contributed by atoms with Crippen molar-refractivity contribution >= 4 is 44.9 Å². The normalized spacial score (nSPS) is 10.8. The summed E-state index contributed by atoms with van der Waals surface area (Å²) in [7, 11) is 0.